The number of hydrogen-bond donors (Lipinski definition) is 0. The molecule has 0 saturated heterocycles. The largest absolute Gasteiger partial charge is 0.494 e. The van der Waals surface area contributed by atoms with E-state index in [1.807, 2.05) is 30.3 Å². The number of fused-ring (bicyclic) bond motifs is 3. The second kappa shape index (κ2) is 10.1. The molecule has 0 radical (unpaired) electrons. The zero-order valence-corrected chi connectivity index (χ0v) is 20.6. The number of aryl methyl sites for hydroxylation is 1. The van der Waals surface area contributed by atoms with Crippen LogP contribution in [-0.2, 0) is 0 Å². The molecule has 2 atom stereocenters. The number of hydrazone groups is 1. The summed E-state index contributed by atoms with van der Waals surface area (Å²) in [7, 11) is 0. The molecule has 3 aromatic carbocycles. The SMILES string of the molecule is CCCCCCOc1ccc([C@H]2Oc3ccc(Cl)cc3[C@H]3CC(c4ccc(C)cc4)=NN32)cc1. The van der Waals surface area contributed by atoms with Gasteiger partial charge in [-0.2, -0.15) is 5.10 Å². The molecule has 176 valence electrons. The Morgan fingerprint density at radius 2 is 1.79 bits per heavy atom. The highest BCUT2D eigenvalue weighted by molar-refractivity contribution is 6.30. The molecule has 0 fully saturated rings. The highest BCUT2D eigenvalue weighted by Gasteiger charge is 2.41. The first-order chi connectivity index (χ1) is 16.6. The van der Waals surface area contributed by atoms with Gasteiger partial charge in [0.1, 0.15) is 11.5 Å². The van der Waals surface area contributed by atoms with Crippen LogP contribution in [0.5, 0.6) is 11.5 Å². The van der Waals surface area contributed by atoms with E-state index in [0.29, 0.717) is 5.02 Å². The molecule has 0 amide bonds. The van der Waals surface area contributed by atoms with E-state index >= 15 is 0 Å². The van der Waals surface area contributed by atoms with E-state index in [2.05, 4.69) is 55.3 Å². The first-order valence-electron chi connectivity index (χ1n) is 12.2. The molecule has 0 bridgehead atoms. The van der Waals surface area contributed by atoms with Crippen molar-refractivity contribution >= 4 is 17.3 Å². The van der Waals surface area contributed by atoms with E-state index < -0.39 is 0 Å². The summed E-state index contributed by atoms with van der Waals surface area (Å²) in [6.07, 6.45) is 5.31. The van der Waals surface area contributed by atoms with Gasteiger partial charge >= 0.3 is 0 Å². The topological polar surface area (TPSA) is 34.1 Å². The van der Waals surface area contributed by atoms with Crippen LogP contribution in [0, 0.1) is 6.92 Å². The molecule has 0 saturated carbocycles. The van der Waals surface area contributed by atoms with Crippen molar-refractivity contribution in [2.24, 2.45) is 5.10 Å². The number of halogens is 1. The summed E-state index contributed by atoms with van der Waals surface area (Å²) in [5.74, 6) is 1.76. The van der Waals surface area contributed by atoms with Crippen LogP contribution in [0.4, 0.5) is 0 Å². The minimum Gasteiger partial charge on any atom is -0.494 e. The Kier molecular flexibility index (Phi) is 6.77. The van der Waals surface area contributed by atoms with Crippen LogP contribution in [0.3, 0.4) is 0 Å². The third-order valence-corrected chi connectivity index (χ3v) is 6.80. The Labute approximate surface area is 207 Å². The molecule has 5 rings (SSSR count). The van der Waals surface area contributed by atoms with Crippen LogP contribution in [0.2, 0.25) is 5.02 Å². The van der Waals surface area contributed by atoms with Gasteiger partial charge in [-0.3, -0.25) is 0 Å². The minimum atomic E-state index is -0.305. The quantitative estimate of drug-likeness (QED) is 0.312. The summed E-state index contributed by atoms with van der Waals surface area (Å²) < 4.78 is 12.4. The predicted octanol–water partition coefficient (Wildman–Crippen LogP) is 7.85. The average Bonchev–Trinajstić information content (AvgIpc) is 3.30. The fourth-order valence-electron chi connectivity index (χ4n) is 4.65. The van der Waals surface area contributed by atoms with Crippen LogP contribution in [0.1, 0.15) is 73.6 Å². The fraction of sp³-hybridized carbons (Fsp3) is 0.345. The van der Waals surface area contributed by atoms with Crippen molar-refractivity contribution < 1.29 is 9.47 Å². The smallest absolute Gasteiger partial charge is 0.213 e. The van der Waals surface area contributed by atoms with Gasteiger partial charge in [0.15, 0.2) is 0 Å². The second-order valence-corrected chi connectivity index (χ2v) is 9.58. The van der Waals surface area contributed by atoms with Crippen molar-refractivity contribution in [2.45, 2.75) is 58.2 Å². The lowest BCUT2D eigenvalue weighted by atomic mass is 9.95. The molecule has 0 aromatic heterocycles. The highest BCUT2D eigenvalue weighted by atomic mass is 35.5. The van der Waals surface area contributed by atoms with E-state index in [9.17, 15) is 0 Å². The monoisotopic (exact) mass is 474 g/mol. The van der Waals surface area contributed by atoms with Gasteiger partial charge in [-0.05, 0) is 61.4 Å². The number of hydrogen-bond acceptors (Lipinski definition) is 4. The number of benzene rings is 3. The van der Waals surface area contributed by atoms with Crippen LogP contribution >= 0.6 is 11.6 Å². The Morgan fingerprint density at radius 3 is 2.56 bits per heavy atom. The molecule has 2 aliphatic rings. The van der Waals surface area contributed by atoms with Crippen LogP contribution in [-0.4, -0.2) is 17.3 Å². The van der Waals surface area contributed by atoms with Crippen molar-refractivity contribution in [3.05, 3.63) is 94.0 Å². The minimum absolute atomic E-state index is 0.0817. The van der Waals surface area contributed by atoms with Gasteiger partial charge in [0, 0.05) is 22.6 Å². The molecule has 0 spiro atoms. The maximum atomic E-state index is 6.47. The Morgan fingerprint density at radius 1 is 1.00 bits per heavy atom. The first-order valence-corrected chi connectivity index (χ1v) is 12.6. The van der Waals surface area contributed by atoms with Crippen molar-refractivity contribution in [2.75, 3.05) is 6.61 Å². The average molecular weight is 475 g/mol. The van der Waals surface area contributed by atoms with E-state index in [1.54, 1.807) is 0 Å². The molecular formula is C29H31ClN2O2. The normalized spacial score (nSPS) is 18.7. The van der Waals surface area contributed by atoms with Gasteiger partial charge in [0.2, 0.25) is 6.23 Å². The summed E-state index contributed by atoms with van der Waals surface area (Å²) >= 11 is 6.35. The zero-order valence-electron chi connectivity index (χ0n) is 19.8. The van der Waals surface area contributed by atoms with E-state index in [0.717, 1.165) is 53.3 Å². The molecule has 3 aromatic rings. The van der Waals surface area contributed by atoms with Crippen LogP contribution in [0.15, 0.2) is 71.8 Å². The Hall–Kier alpha value is -2.98. The number of ether oxygens (including phenoxy) is 2. The van der Waals surface area contributed by atoms with Crippen LogP contribution < -0.4 is 9.47 Å². The summed E-state index contributed by atoms with van der Waals surface area (Å²) in [5.41, 5.74) is 5.60. The fourth-order valence-corrected chi connectivity index (χ4v) is 4.83. The molecule has 0 N–H and O–H groups in total. The van der Waals surface area contributed by atoms with Gasteiger partial charge in [0.05, 0.1) is 18.4 Å². The number of rotatable bonds is 8. The highest BCUT2D eigenvalue weighted by Crippen LogP contribution is 2.48. The van der Waals surface area contributed by atoms with Gasteiger partial charge in [-0.25, -0.2) is 5.01 Å². The molecule has 0 aliphatic carbocycles. The van der Waals surface area contributed by atoms with Gasteiger partial charge in [-0.15, -0.1) is 0 Å². The standard InChI is InChI=1S/C29H31ClN2O2/c1-3-4-5-6-17-33-24-14-11-22(12-15-24)29-32-27(25-18-23(30)13-16-28(25)34-29)19-26(31-32)21-9-7-20(2)8-10-21/h7-16,18,27,29H,3-6,17,19H2,1-2H3/t27-,29-/m1/s1. The molecule has 5 heteroatoms. The Bertz CT molecular complexity index is 1160. The van der Waals surface area contributed by atoms with Crippen LogP contribution in [0.25, 0.3) is 0 Å². The molecule has 2 heterocycles. The van der Waals surface area contributed by atoms with Crippen molar-refractivity contribution in [1.29, 1.82) is 0 Å². The van der Waals surface area contributed by atoms with Gasteiger partial charge in [-0.1, -0.05) is 67.6 Å². The predicted molar refractivity (Wildman–Crippen MR) is 138 cm³/mol. The van der Waals surface area contributed by atoms with Gasteiger partial charge in [0.25, 0.3) is 0 Å². The molecule has 4 nitrogen and oxygen atoms in total. The third kappa shape index (κ3) is 4.78. The maximum Gasteiger partial charge on any atom is 0.213 e. The molecular weight excluding hydrogens is 444 g/mol. The number of unbranched alkanes of at least 4 members (excludes halogenated alkanes) is 3. The lowest BCUT2D eigenvalue weighted by Gasteiger charge is -2.38. The molecule has 0 unspecified atom stereocenters. The summed E-state index contributed by atoms with van der Waals surface area (Å²) in [6, 6.07) is 22.8. The summed E-state index contributed by atoms with van der Waals surface area (Å²) in [6.45, 7) is 5.08. The van der Waals surface area contributed by atoms with E-state index in [1.165, 1.54) is 24.8 Å². The Balaban J connectivity index is 1.40. The van der Waals surface area contributed by atoms with E-state index in [4.69, 9.17) is 26.2 Å². The van der Waals surface area contributed by atoms with Crippen molar-refractivity contribution in [3.8, 4) is 11.5 Å². The van der Waals surface area contributed by atoms with E-state index in [-0.39, 0.29) is 12.3 Å². The molecule has 34 heavy (non-hydrogen) atoms. The van der Waals surface area contributed by atoms with Crippen molar-refractivity contribution in [1.82, 2.24) is 5.01 Å². The van der Waals surface area contributed by atoms with Crippen molar-refractivity contribution in [3.63, 3.8) is 0 Å². The lowest BCUT2D eigenvalue weighted by molar-refractivity contribution is -0.0190. The lowest BCUT2D eigenvalue weighted by Crippen LogP contribution is -2.33. The summed E-state index contributed by atoms with van der Waals surface area (Å²) in [5, 5.41) is 7.85. The van der Waals surface area contributed by atoms with Gasteiger partial charge < -0.3 is 9.47 Å². The third-order valence-electron chi connectivity index (χ3n) is 6.57. The maximum absolute atomic E-state index is 6.47. The first kappa shape index (κ1) is 22.8. The summed E-state index contributed by atoms with van der Waals surface area (Å²) in [4.78, 5) is 0. The second-order valence-electron chi connectivity index (χ2n) is 9.14. The number of nitrogens with zero attached hydrogens (tertiary/aromatic N) is 2. The molecule has 2 aliphatic heterocycles. The zero-order chi connectivity index (χ0) is 23.5.